The summed E-state index contributed by atoms with van der Waals surface area (Å²) in [4.78, 5) is 17.1. The molecule has 2 heterocycles. The molecule has 0 bridgehead atoms. The van der Waals surface area contributed by atoms with Crippen LogP contribution in [-0.2, 0) is 6.54 Å². The number of nitrogens with zero attached hydrogens (tertiary/aromatic N) is 2. The van der Waals surface area contributed by atoms with Gasteiger partial charge in [-0.25, -0.2) is 4.98 Å². The standard InChI is InChI=1S/C22H19N3O2/c1-27-20-11-10-17(13-19(20)16-7-3-2-4-8-16)22(26)24-15-21-23-14-18-9-5-6-12-25(18)21/h2-14H,15H2,1H3,(H,24,26). The van der Waals surface area contributed by atoms with Gasteiger partial charge in [-0.05, 0) is 35.9 Å². The summed E-state index contributed by atoms with van der Waals surface area (Å²) in [6.45, 7) is 0.351. The van der Waals surface area contributed by atoms with Gasteiger partial charge in [-0.1, -0.05) is 36.4 Å². The average Bonchev–Trinajstić information content (AvgIpc) is 3.15. The van der Waals surface area contributed by atoms with E-state index in [1.165, 1.54) is 0 Å². The second-order valence-electron chi connectivity index (χ2n) is 6.13. The third-order valence-electron chi connectivity index (χ3n) is 4.47. The van der Waals surface area contributed by atoms with E-state index in [0.29, 0.717) is 12.1 Å². The van der Waals surface area contributed by atoms with Crippen LogP contribution in [0, 0.1) is 0 Å². The molecule has 0 radical (unpaired) electrons. The summed E-state index contributed by atoms with van der Waals surface area (Å²) >= 11 is 0. The van der Waals surface area contributed by atoms with Crippen molar-refractivity contribution in [3.8, 4) is 16.9 Å². The molecular formula is C22H19N3O2. The smallest absolute Gasteiger partial charge is 0.251 e. The largest absolute Gasteiger partial charge is 0.496 e. The van der Waals surface area contributed by atoms with Gasteiger partial charge in [0.1, 0.15) is 11.6 Å². The summed E-state index contributed by atoms with van der Waals surface area (Å²) in [5.41, 5.74) is 3.47. The minimum atomic E-state index is -0.150. The van der Waals surface area contributed by atoms with E-state index in [1.807, 2.05) is 71.3 Å². The van der Waals surface area contributed by atoms with Crippen molar-refractivity contribution in [1.29, 1.82) is 0 Å². The van der Waals surface area contributed by atoms with E-state index in [-0.39, 0.29) is 5.91 Å². The summed E-state index contributed by atoms with van der Waals surface area (Å²) in [5.74, 6) is 1.37. The molecule has 1 amide bonds. The summed E-state index contributed by atoms with van der Waals surface area (Å²) in [7, 11) is 1.63. The molecule has 0 fully saturated rings. The molecule has 0 atom stereocenters. The Bertz CT molecular complexity index is 1090. The van der Waals surface area contributed by atoms with Gasteiger partial charge in [0, 0.05) is 17.3 Å². The number of aromatic nitrogens is 2. The molecule has 27 heavy (non-hydrogen) atoms. The lowest BCUT2D eigenvalue weighted by Crippen LogP contribution is -2.24. The number of amides is 1. The molecule has 0 saturated carbocycles. The predicted molar refractivity (Wildman–Crippen MR) is 105 cm³/mol. The number of imidazole rings is 1. The van der Waals surface area contributed by atoms with Crippen molar-refractivity contribution in [2.75, 3.05) is 7.11 Å². The molecule has 2 aromatic heterocycles. The SMILES string of the molecule is COc1ccc(C(=O)NCc2ncc3ccccn23)cc1-c1ccccc1. The molecule has 0 spiro atoms. The molecule has 0 saturated heterocycles. The molecule has 0 aliphatic carbocycles. The summed E-state index contributed by atoms with van der Waals surface area (Å²) < 4.78 is 7.42. The molecule has 0 aliphatic heterocycles. The van der Waals surface area contributed by atoms with E-state index in [4.69, 9.17) is 4.74 Å². The predicted octanol–water partition coefficient (Wildman–Crippen LogP) is 3.94. The Balaban J connectivity index is 1.57. The zero-order valence-corrected chi connectivity index (χ0v) is 14.9. The number of methoxy groups -OCH3 is 1. The van der Waals surface area contributed by atoms with Crippen LogP contribution in [0.15, 0.2) is 79.1 Å². The Morgan fingerprint density at radius 1 is 1.07 bits per heavy atom. The van der Waals surface area contributed by atoms with Gasteiger partial charge in [-0.15, -0.1) is 0 Å². The maximum atomic E-state index is 12.7. The van der Waals surface area contributed by atoms with Gasteiger partial charge in [0.15, 0.2) is 0 Å². The van der Waals surface area contributed by atoms with Crippen molar-refractivity contribution in [3.05, 3.63) is 90.5 Å². The first-order chi connectivity index (χ1) is 13.3. The minimum Gasteiger partial charge on any atom is -0.496 e. The molecular weight excluding hydrogens is 338 g/mol. The van der Waals surface area contributed by atoms with Crippen molar-refractivity contribution in [3.63, 3.8) is 0 Å². The zero-order valence-electron chi connectivity index (χ0n) is 14.9. The number of carbonyl (C=O) groups is 1. The molecule has 0 aliphatic rings. The van der Waals surface area contributed by atoms with Crippen molar-refractivity contribution < 1.29 is 9.53 Å². The lowest BCUT2D eigenvalue weighted by Gasteiger charge is -2.11. The Hall–Kier alpha value is -3.60. The average molecular weight is 357 g/mol. The highest BCUT2D eigenvalue weighted by molar-refractivity contribution is 5.96. The van der Waals surface area contributed by atoms with Crippen LogP contribution >= 0.6 is 0 Å². The molecule has 1 N–H and O–H groups in total. The lowest BCUT2D eigenvalue weighted by molar-refractivity contribution is 0.0950. The Morgan fingerprint density at radius 2 is 1.89 bits per heavy atom. The van der Waals surface area contributed by atoms with E-state index in [1.54, 1.807) is 19.4 Å². The normalized spacial score (nSPS) is 10.7. The molecule has 4 rings (SSSR count). The third kappa shape index (κ3) is 3.40. The van der Waals surface area contributed by atoms with Gasteiger partial charge in [-0.3, -0.25) is 4.79 Å². The van der Waals surface area contributed by atoms with Crippen LogP contribution in [0.2, 0.25) is 0 Å². The van der Waals surface area contributed by atoms with Crippen molar-refractivity contribution in [2.45, 2.75) is 6.54 Å². The molecule has 2 aromatic carbocycles. The van der Waals surface area contributed by atoms with E-state index < -0.39 is 0 Å². The topological polar surface area (TPSA) is 55.6 Å². The van der Waals surface area contributed by atoms with Crippen molar-refractivity contribution in [2.24, 2.45) is 0 Å². The molecule has 0 unspecified atom stereocenters. The lowest BCUT2D eigenvalue weighted by atomic mass is 10.0. The molecule has 134 valence electrons. The molecule has 4 aromatic rings. The number of pyridine rings is 1. The van der Waals surface area contributed by atoms with E-state index in [9.17, 15) is 4.79 Å². The first kappa shape index (κ1) is 16.8. The summed E-state index contributed by atoms with van der Waals surface area (Å²) in [6.07, 6.45) is 3.73. The highest BCUT2D eigenvalue weighted by Gasteiger charge is 2.12. The number of nitrogens with one attached hydrogen (secondary N) is 1. The third-order valence-corrected chi connectivity index (χ3v) is 4.47. The molecule has 5 heteroatoms. The maximum Gasteiger partial charge on any atom is 0.251 e. The maximum absolute atomic E-state index is 12.7. The van der Waals surface area contributed by atoms with Crippen molar-refractivity contribution >= 4 is 11.4 Å². The Kier molecular flexibility index (Phi) is 4.58. The van der Waals surface area contributed by atoms with Crippen LogP contribution < -0.4 is 10.1 Å². The fourth-order valence-electron chi connectivity index (χ4n) is 3.08. The first-order valence-electron chi connectivity index (χ1n) is 8.69. The number of benzene rings is 2. The van der Waals surface area contributed by atoms with E-state index in [0.717, 1.165) is 28.2 Å². The Labute approximate surface area is 157 Å². The fraction of sp³-hybridized carbons (Fsp3) is 0.0909. The van der Waals surface area contributed by atoms with Gasteiger partial charge in [-0.2, -0.15) is 0 Å². The number of hydrogen-bond donors (Lipinski definition) is 1. The van der Waals surface area contributed by atoms with Gasteiger partial charge in [0.2, 0.25) is 0 Å². The highest BCUT2D eigenvalue weighted by atomic mass is 16.5. The van der Waals surface area contributed by atoms with Crippen LogP contribution in [0.5, 0.6) is 5.75 Å². The number of hydrogen-bond acceptors (Lipinski definition) is 3. The Morgan fingerprint density at radius 3 is 2.70 bits per heavy atom. The monoisotopic (exact) mass is 357 g/mol. The summed E-state index contributed by atoms with van der Waals surface area (Å²) in [5, 5.41) is 2.95. The first-order valence-corrected chi connectivity index (χ1v) is 8.69. The number of rotatable bonds is 5. The second-order valence-corrected chi connectivity index (χ2v) is 6.13. The quantitative estimate of drug-likeness (QED) is 0.589. The number of fused-ring (bicyclic) bond motifs is 1. The van der Waals surface area contributed by atoms with E-state index >= 15 is 0 Å². The second kappa shape index (κ2) is 7.33. The minimum absolute atomic E-state index is 0.150. The van der Waals surface area contributed by atoms with Crippen LogP contribution in [0.25, 0.3) is 16.6 Å². The number of ether oxygens (including phenoxy) is 1. The summed E-state index contributed by atoms with van der Waals surface area (Å²) in [6, 6.07) is 21.2. The zero-order chi connectivity index (χ0) is 18.6. The van der Waals surface area contributed by atoms with E-state index in [2.05, 4.69) is 10.3 Å². The van der Waals surface area contributed by atoms with Gasteiger partial charge < -0.3 is 14.5 Å². The van der Waals surface area contributed by atoms with Crippen LogP contribution in [-0.4, -0.2) is 22.4 Å². The van der Waals surface area contributed by atoms with Gasteiger partial charge in [0.05, 0.1) is 25.4 Å². The van der Waals surface area contributed by atoms with Gasteiger partial charge in [0.25, 0.3) is 5.91 Å². The van der Waals surface area contributed by atoms with Crippen molar-refractivity contribution in [1.82, 2.24) is 14.7 Å². The van der Waals surface area contributed by atoms with Crippen LogP contribution in [0.1, 0.15) is 16.2 Å². The van der Waals surface area contributed by atoms with Crippen LogP contribution in [0.4, 0.5) is 0 Å². The number of carbonyl (C=O) groups excluding carboxylic acids is 1. The van der Waals surface area contributed by atoms with Gasteiger partial charge >= 0.3 is 0 Å². The van der Waals surface area contributed by atoms with Crippen LogP contribution in [0.3, 0.4) is 0 Å². The fourth-order valence-corrected chi connectivity index (χ4v) is 3.08. The molecule has 5 nitrogen and oxygen atoms in total. The highest BCUT2D eigenvalue weighted by Crippen LogP contribution is 2.30.